The molecule has 1 atom stereocenters. The van der Waals surface area contributed by atoms with Crippen LogP contribution in [0, 0.1) is 5.92 Å². The number of hydrogen-bond acceptors (Lipinski definition) is 2. The zero-order valence-corrected chi connectivity index (χ0v) is 8.05. The molecule has 12 heavy (non-hydrogen) atoms. The van der Waals surface area contributed by atoms with Crippen molar-refractivity contribution in [3.05, 3.63) is 0 Å². The Hall–Kier alpha value is -0.0800. The van der Waals surface area contributed by atoms with Gasteiger partial charge in [0, 0.05) is 25.7 Å². The normalized spacial score (nSPS) is 33.2. The van der Waals surface area contributed by atoms with Crippen molar-refractivity contribution in [1.82, 2.24) is 10.2 Å². The van der Waals surface area contributed by atoms with Gasteiger partial charge in [-0.05, 0) is 19.4 Å². The van der Waals surface area contributed by atoms with Gasteiger partial charge in [0.05, 0.1) is 0 Å². The first kappa shape index (κ1) is 8.52. The molecule has 2 heteroatoms. The maximum absolute atomic E-state index is 3.61. The molecule has 1 unspecified atom stereocenters. The van der Waals surface area contributed by atoms with E-state index in [9.17, 15) is 0 Å². The van der Waals surface area contributed by atoms with Gasteiger partial charge in [-0.2, -0.15) is 0 Å². The van der Waals surface area contributed by atoms with Crippen molar-refractivity contribution in [1.29, 1.82) is 0 Å². The molecule has 0 aromatic heterocycles. The lowest BCUT2D eigenvalue weighted by Crippen LogP contribution is -2.50. The number of hydrogen-bond donors (Lipinski definition) is 1. The molecule has 0 amide bonds. The van der Waals surface area contributed by atoms with Crippen molar-refractivity contribution in [2.45, 2.75) is 31.7 Å². The first-order chi connectivity index (χ1) is 5.84. The van der Waals surface area contributed by atoms with Gasteiger partial charge in [-0.25, -0.2) is 0 Å². The van der Waals surface area contributed by atoms with Gasteiger partial charge in [0.1, 0.15) is 0 Å². The lowest BCUT2D eigenvalue weighted by molar-refractivity contribution is 0.187. The van der Waals surface area contributed by atoms with Crippen LogP contribution in [-0.2, 0) is 0 Å². The van der Waals surface area contributed by atoms with Gasteiger partial charge < -0.3 is 10.2 Å². The van der Waals surface area contributed by atoms with Gasteiger partial charge in [0.25, 0.3) is 0 Å². The van der Waals surface area contributed by atoms with Crippen LogP contribution in [0.15, 0.2) is 0 Å². The van der Waals surface area contributed by atoms with Crippen LogP contribution in [0.5, 0.6) is 0 Å². The lowest BCUT2D eigenvalue weighted by Gasteiger charge is -2.35. The van der Waals surface area contributed by atoms with E-state index < -0.39 is 0 Å². The Kier molecular flexibility index (Phi) is 2.66. The standard InChI is InChI=1S/C10H20N2/c1-12-6-5-11-10(8-12)7-9-3-2-4-9/h9-11H,2-8H2,1H3. The molecule has 0 spiro atoms. The molecule has 0 aromatic rings. The van der Waals surface area contributed by atoms with Gasteiger partial charge in [-0.1, -0.05) is 19.3 Å². The van der Waals surface area contributed by atoms with Crippen LogP contribution < -0.4 is 5.32 Å². The van der Waals surface area contributed by atoms with E-state index >= 15 is 0 Å². The highest BCUT2D eigenvalue weighted by atomic mass is 15.2. The monoisotopic (exact) mass is 168 g/mol. The molecule has 0 aromatic carbocycles. The average Bonchev–Trinajstić information content (AvgIpc) is 1.97. The summed E-state index contributed by atoms with van der Waals surface area (Å²) in [5.74, 6) is 1.05. The molecule has 1 aliphatic heterocycles. The fraction of sp³-hybridized carbons (Fsp3) is 1.00. The van der Waals surface area contributed by atoms with Crippen LogP contribution in [-0.4, -0.2) is 37.6 Å². The van der Waals surface area contributed by atoms with Crippen LogP contribution in [0.2, 0.25) is 0 Å². The molecular weight excluding hydrogens is 148 g/mol. The van der Waals surface area contributed by atoms with Crippen molar-refractivity contribution in [3.63, 3.8) is 0 Å². The van der Waals surface area contributed by atoms with Gasteiger partial charge in [-0.3, -0.25) is 0 Å². The van der Waals surface area contributed by atoms with Crippen LogP contribution in [0.25, 0.3) is 0 Å². The van der Waals surface area contributed by atoms with Gasteiger partial charge in [0.2, 0.25) is 0 Å². The maximum atomic E-state index is 3.61. The minimum atomic E-state index is 0.786. The van der Waals surface area contributed by atoms with Crippen molar-refractivity contribution in [2.75, 3.05) is 26.7 Å². The van der Waals surface area contributed by atoms with E-state index in [1.54, 1.807) is 0 Å². The number of piperazine rings is 1. The van der Waals surface area contributed by atoms with Gasteiger partial charge in [-0.15, -0.1) is 0 Å². The smallest absolute Gasteiger partial charge is 0.0198 e. The molecule has 70 valence electrons. The van der Waals surface area contributed by atoms with E-state index in [0.29, 0.717) is 0 Å². The summed E-state index contributed by atoms with van der Waals surface area (Å²) in [7, 11) is 2.23. The summed E-state index contributed by atoms with van der Waals surface area (Å²) in [6.45, 7) is 3.67. The largest absolute Gasteiger partial charge is 0.311 e. The topological polar surface area (TPSA) is 15.3 Å². The molecule has 2 nitrogen and oxygen atoms in total. The van der Waals surface area contributed by atoms with E-state index in [-0.39, 0.29) is 0 Å². The summed E-state index contributed by atoms with van der Waals surface area (Å²) in [4.78, 5) is 2.44. The third-order valence-corrected chi connectivity index (χ3v) is 3.30. The van der Waals surface area contributed by atoms with Gasteiger partial charge >= 0.3 is 0 Å². The van der Waals surface area contributed by atoms with E-state index in [1.807, 2.05) is 0 Å². The molecule has 0 bridgehead atoms. The van der Waals surface area contributed by atoms with Crippen LogP contribution >= 0.6 is 0 Å². The second-order valence-electron chi connectivity index (χ2n) is 4.45. The predicted octanol–water partition coefficient (Wildman–Crippen LogP) is 1.08. The molecule has 2 rings (SSSR count). The van der Waals surface area contributed by atoms with Crippen LogP contribution in [0.3, 0.4) is 0 Å². The first-order valence-corrected chi connectivity index (χ1v) is 5.26. The molecule has 2 aliphatic rings. The molecule has 2 fully saturated rings. The fourth-order valence-corrected chi connectivity index (χ4v) is 2.28. The lowest BCUT2D eigenvalue weighted by atomic mass is 9.80. The number of nitrogens with zero attached hydrogens (tertiary/aromatic N) is 1. The minimum Gasteiger partial charge on any atom is -0.311 e. The third-order valence-electron chi connectivity index (χ3n) is 3.30. The summed E-state index contributed by atoms with van der Waals surface area (Å²) >= 11 is 0. The van der Waals surface area contributed by atoms with E-state index in [0.717, 1.165) is 12.0 Å². The highest BCUT2D eigenvalue weighted by Gasteiger charge is 2.24. The Morgan fingerprint density at radius 3 is 2.83 bits per heavy atom. The van der Waals surface area contributed by atoms with Crippen molar-refractivity contribution >= 4 is 0 Å². The number of nitrogens with one attached hydrogen (secondary N) is 1. The summed E-state index contributed by atoms with van der Waals surface area (Å²) in [5.41, 5.74) is 0. The summed E-state index contributed by atoms with van der Waals surface area (Å²) in [6.07, 6.45) is 5.88. The molecule has 1 aliphatic carbocycles. The van der Waals surface area contributed by atoms with Gasteiger partial charge in [0.15, 0.2) is 0 Å². The Balaban J connectivity index is 1.71. The highest BCUT2D eigenvalue weighted by Crippen LogP contribution is 2.30. The summed E-state index contributed by atoms with van der Waals surface area (Å²) in [5, 5.41) is 3.61. The number of likely N-dealkylation sites (N-methyl/N-ethyl adjacent to an activating group) is 1. The quantitative estimate of drug-likeness (QED) is 0.664. The highest BCUT2D eigenvalue weighted by molar-refractivity contribution is 4.82. The molecule has 1 saturated carbocycles. The summed E-state index contributed by atoms with van der Waals surface area (Å²) < 4.78 is 0. The Morgan fingerprint density at radius 2 is 2.25 bits per heavy atom. The molecular formula is C10H20N2. The Morgan fingerprint density at radius 1 is 1.42 bits per heavy atom. The van der Waals surface area contributed by atoms with Crippen molar-refractivity contribution in [2.24, 2.45) is 5.92 Å². The predicted molar refractivity (Wildman–Crippen MR) is 51.2 cm³/mol. The van der Waals surface area contributed by atoms with Crippen molar-refractivity contribution < 1.29 is 0 Å². The zero-order valence-electron chi connectivity index (χ0n) is 8.05. The van der Waals surface area contributed by atoms with Crippen LogP contribution in [0.1, 0.15) is 25.7 Å². The Bertz CT molecular complexity index is 143. The van der Waals surface area contributed by atoms with Crippen LogP contribution in [0.4, 0.5) is 0 Å². The zero-order chi connectivity index (χ0) is 8.39. The molecule has 1 heterocycles. The van der Waals surface area contributed by atoms with Crippen molar-refractivity contribution in [3.8, 4) is 0 Å². The Labute approximate surface area is 75.3 Å². The molecule has 1 N–H and O–H groups in total. The van der Waals surface area contributed by atoms with E-state index in [2.05, 4.69) is 17.3 Å². The summed E-state index contributed by atoms with van der Waals surface area (Å²) in [6, 6.07) is 0.786. The fourth-order valence-electron chi connectivity index (χ4n) is 2.28. The maximum Gasteiger partial charge on any atom is 0.0198 e. The minimum absolute atomic E-state index is 0.786. The molecule has 0 radical (unpaired) electrons. The number of rotatable bonds is 2. The van der Waals surface area contributed by atoms with E-state index in [4.69, 9.17) is 0 Å². The average molecular weight is 168 g/mol. The molecule has 1 saturated heterocycles. The second kappa shape index (κ2) is 3.75. The first-order valence-electron chi connectivity index (χ1n) is 5.26. The van der Waals surface area contributed by atoms with E-state index in [1.165, 1.54) is 45.3 Å². The second-order valence-corrected chi connectivity index (χ2v) is 4.45. The third kappa shape index (κ3) is 1.99. The SMILES string of the molecule is CN1CCNC(CC2CCC2)C1.